The summed E-state index contributed by atoms with van der Waals surface area (Å²) in [4.78, 5) is 14.0. The van der Waals surface area contributed by atoms with Gasteiger partial charge in [-0.15, -0.1) is 0 Å². The van der Waals surface area contributed by atoms with E-state index in [2.05, 4.69) is 4.98 Å². The van der Waals surface area contributed by atoms with Crippen molar-refractivity contribution in [3.05, 3.63) is 57.9 Å². The standard InChI is InChI=1S/C11H7ClN2O2/c12-11-10(2-1-7-13-11)8-3-5-9(6-4-8)14(15)16/h1-7H. The first-order valence-electron chi connectivity index (χ1n) is 4.54. The van der Waals surface area contributed by atoms with Crippen LogP contribution in [-0.2, 0) is 0 Å². The van der Waals surface area contributed by atoms with Crippen molar-refractivity contribution in [1.82, 2.24) is 4.98 Å². The van der Waals surface area contributed by atoms with Crippen LogP contribution in [0.2, 0.25) is 5.15 Å². The van der Waals surface area contributed by atoms with Gasteiger partial charge in [-0.25, -0.2) is 4.98 Å². The highest BCUT2D eigenvalue weighted by Crippen LogP contribution is 2.26. The zero-order valence-electron chi connectivity index (χ0n) is 8.13. The molecule has 5 heteroatoms. The molecule has 0 aliphatic rings. The second-order valence-electron chi connectivity index (χ2n) is 3.15. The van der Waals surface area contributed by atoms with Crippen molar-refractivity contribution < 1.29 is 4.92 Å². The van der Waals surface area contributed by atoms with Crippen LogP contribution in [0, 0.1) is 10.1 Å². The fourth-order valence-electron chi connectivity index (χ4n) is 1.36. The summed E-state index contributed by atoms with van der Waals surface area (Å²) >= 11 is 5.92. The summed E-state index contributed by atoms with van der Waals surface area (Å²) < 4.78 is 0. The molecule has 0 spiro atoms. The fourth-order valence-corrected chi connectivity index (χ4v) is 1.59. The highest BCUT2D eigenvalue weighted by atomic mass is 35.5. The second-order valence-corrected chi connectivity index (χ2v) is 3.50. The summed E-state index contributed by atoms with van der Waals surface area (Å²) in [5.41, 5.74) is 1.63. The minimum absolute atomic E-state index is 0.0590. The first-order chi connectivity index (χ1) is 7.68. The molecule has 0 unspecified atom stereocenters. The van der Waals surface area contributed by atoms with Crippen molar-refractivity contribution in [2.75, 3.05) is 0 Å². The Morgan fingerprint density at radius 2 is 1.88 bits per heavy atom. The van der Waals surface area contributed by atoms with Gasteiger partial charge in [0.25, 0.3) is 5.69 Å². The summed E-state index contributed by atoms with van der Waals surface area (Å²) in [5, 5.41) is 10.9. The highest BCUT2D eigenvalue weighted by molar-refractivity contribution is 6.32. The topological polar surface area (TPSA) is 56.0 Å². The molecule has 2 aromatic rings. The molecule has 0 saturated heterocycles. The smallest absolute Gasteiger partial charge is 0.258 e. The molecule has 0 amide bonds. The predicted octanol–water partition coefficient (Wildman–Crippen LogP) is 3.31. The molecule has 0 fully saturated rings. The van der Waals surface area contributed by atoms with Crippen LogP contribution in [0.3, 0.4) is 0 Å². The van der Waals surface area contributed by atoms with Gasteiger partial charge in [0.15, 0.2) is 0 Å². The van der Waals surface area contributed by atoms with Gasteiger partial charge in [-0.1, -0.05) is 11.6 Å². The lowest BCUT2D eigenvalue weighted by Gasteiger charge is -2.02. The largest absolute Gasteiger partial charge is 0.269 e. The lowest BCUT2D eigenvalue weighted by Crippen LogP contribution is -1.87. The van der Waals surface area contributed by atoms with E-state index < -0.39 is 4.92 Å². The van der Waals surface area contributed by atoms with Gasteiger partial charge >= 0.3 is 0 Å². The van der Waals surface area contributed by atoms with Crippen LogP contribution in [-0.4, -0.2) is 9.91 Å². The van der Waals surface area contributed by atoms with Crippen LogP contribution in [0.5, 0.6) is 0 Å². The molecule has 1 aromatic carbocycles. The molecule has 0 atom stereocenters. The van der Waals surface area contributed by atoms with Gasteiger partial charge in [0.2, 0.25) is 0 Å². The van der Waals surface area contributed by atoms with Gasteiger partial charge < -0.3 is 0 Å². The van der Waals surface area contributed by atoms with Gasteiger partial charge in [0, 0.05) is 23.9 Å². The summed E-state index contributed by atoms with van der Waals surface area (Å²) in [5.74, 6) is 0. The quantitative estimate of drug-likeness (QED) is 0.455. The van der Waals surface area contributed by atoms with Crippen molar-refractivity contribution in [2.24, 2.45) is 0 Å². The van der Waals surface area contributed by atoms with E-state index in [1.165, 1.54) is 12.1 Å². The number of nitro groups is 1. The number of pyridine rings is 1. The van der Waals surface area contributed by atoms with Gasteiger partial charge in [-0.2, -0.15) is 0 Å². The van der Waals surface area contributed by atoms with Crippen LogP contribution < -0.4 is 0 Å². The Bertz CT molecular complexity index is 526. The molecular formula is C11H7ClN2O2. The number of aromatic nitrogens is 1. The first kappa shape index (κ1) is 10.6. The molecule has 16 heavy (non-hydrogen) atoms. The highest BCUT2D eigenvalue weighted by Gasteiger charge is 2.07. The number of hydrogen-bond donors (Lipinski definition) is 0. The second kappa shape index (κ2) is 4.28. The third-order valence-corrected chi connectivity index (χ3v) is 2.45. The lowest BCUT2D eigenvalue weighted by atomic mass is 10.1. The summed E-state index contributed by atoms with van der Waals surface area (Å²) in [6.07, 6.45) is 1.59. The Morgan fingerprint density at radius 3 is 2.44 bits per heavy atom. The van der Waals surface area contributed by atoms with Gasteiger partial charge in [-0.3, -0.25) is 10.1 Å². The number of benzene rings is 1. The third kappa shape index (κ3) is 2.01. The average molecular weight is 235 g/mol. The number of nitrogens with zero attached hydrogens (tertiary/aromatic N) is 2. The summed E-state index contributed by atoms with van der Waals surface area (Å²) in [6, 6.07) is 9.78. The van der Waals surface area contributed by atoms with Crippen molar-refractivity contribution >= 4 is 17.3 Å². The molecular weight excluding hydrogens is 228 g/mol. The van der Waals surface area contributed by atoms with E-state index in [4.69, 9.17) is 11.6 Å². The van der Waals surface area contributed by atoms with Crippen LogP contribution in [0.1, 0.15) is 0 Å². The minimum Gasteiger partial charge on any atom is -0.258 e. The van der Waals surface area contributed by atoms with Crippen LogP contribution in [0.25, 0.3) is 11.1 Å². The SMILES string of the molecule is O=[N+]([O-])c1ccc(-c2cccnc2Cl)cc1. The molecule has 0 aliphatic heterocycles. The molecule has 2 rings (SSSR count). The average Bonchev–Trinajstić information content (AvgIpc) is 2.30. The van der Waals surface area contributed by atoms with Gasteiger partial charge in [-0.05, 0) is 29.8 Å². The molecule has 0 N–H and O–H groups in total. The van der Waals surface area contributed by atoms with Crippen molar-refractivity contribution in [1.29, 1.82) is 0 Å². The number of rotatable bonds is 2. The lowest BCUT2D eigenvalue weighted by molar-refractivity contribution is -0.384. The molecule has 0 saturated carbocycles. The number of halogens is 1. The van der Waals surface area contributed by atoms with Gasteiger partial charge in [0.05, 0.1) is 4.92 Å². The molecule has 0 aliphatic carbocycles. The van der Waals surface area contributed by atoms with E-state index in [-0.39, 0.29) is 5.69 Å². The molecule has 4 nitrogen and oxygen atoms in total. The van der Waals surface area contributed by atoms with Crippen molar-refractivity contribution in [2.45, 2.75) is 0 Å². The van der Waals surface area contributed by atoms with Crippen molar-refractivity contribution in [3.63, 3.8) is 0 Å². The van der Waals surface area contributed by atoms with Crippen LogP contribution >= 0.6 is 11.6 Å². The maximum absolute atomic E-state index is 10.5. The summed E-state index contributed by atoms with van der Waals surface area (Å²) in [7, 11) is 0. The van der Waals surface area contributed by atoms with E-state index in [1.54, 1.807) is 24.4 Å². The first-order valence-corrected chi connectivity index (χ1v) is 4.91. The number of nitro benzene ring substituents is 1. The molecule has 0 bridgehead atoms. The van der Waals surface area contributed by atoms with Crippen molar-refractivity contribution in [3.8, 4) is 11.1 Å². The molecule has 1 aromatic heterocycles. The Morgan fingerprint density at radius 1 is 1.19 bits per heavy atom. The number of non-ortho nitro benzene ring substituents is 1. The van der Waals surface area contributed by atoms with Crippen LogP contribution in [0.15, 0.2) is 42.6 Å². The zero-order chi connectivity index (χ0) is 11.5. The van der Waals surface area contributed by atoms with E-state index in [0.717, 1.165) is 11.1 Å². The van der Waals surface area contributed by atoms with Gasteiger partial charge in [0.1, 0.15) is 5.15 Å². The fraction of sp³-hybridized carbons (Fsp3) is 0. The molecule has 1 heterocycles. The normalized spacial score (nSPS) is 10.1. The molecule has 80 valence electrons. The molecule has 0 radical (unpaired) electrons. The Balaban J connectivity index is 2.43. The van der Waals surface area contributed by atoms with E-state index in [1.807, 2.05) is 6.07 Å². The minimum atomic E-state index is -0.436. The van der Waals surface area contributed by atoms with Crippen LogP contribution in [0.4, 0.5) is 5.69 Å². The predicted molar refractivity (Wildman–Crippen MR) is 61.3 cm³/mol. The monoisotopic (exact) mass is 234 g/mol. The van der Waals surface area contributed by atoms with E-state index in [0.29, 0.717) is 5.15 Å². The maximum Gasteiger partial charge on any atom is 0.269 e. The third-order valence-electron chi connectivity index (χ3n) is 2.15. The summed E-state index contributed by atoms with van der Waals surface area (Å²) in [6.45, 7) is 0. The van der Waals surface area contributed by atoms with E-state index >= 15 is 0 Å². The van der Waals surface area contributed by atoms with E-state index in [9.17, 15) is 10.1 Å². The Labute approximate surface area is 96.7 Å². The maximum atomic E-state index is 10.5. The Hall–Kier alpha value is -1.94. The number of hydrogen-bond acceptors (Lipinski definition) is 3. The zero-order valence-corrected chi connectivity index (χ0v) is 8.89. The Kier molecular flexibility index (Phi) is 2.83.